The monoisotopic (exact) mass is 649 g/mol. The molecule has 14 heteroatoms. The first-order chi connectivity index (χ1) is 18.9. The molecule has 0 aliphatic rings. The van der Waals surface area contributed by atoms with Crippen LogP contribution >= 0.6 is 0 Å². The number of nitrogens with zero attached hydrogens (tertiary/aromatic N) is 1. The lowest BCUT2D eigenvalue weighted by Crippen LogP contribution is -2.46. The van der Waals surface area contributed by atoms with Crippen molar-refractivity contribution < 1.29 is 47.7 Å². The Balaban J connectivity index is 0. The van der Waals surface area contributed by atoms with Crippen LogP contribution in [0.3, 0.4) is 0 Å². The van der Waals surface area contributed by atoms with Crippen molar-refractivity contribution in [2.45, 2.75) is 147 Å². The SMILES string of the molecule is CCCCCCCC[N+](C)(CCCCCCCC)CCCCCCCC.O=S(=O)(NS(=O)(=O)C(F)(F)F)C(F)(F)F. The molecule has 0 aromatic rings. The fourth-order valence-corrected chi connectivity index (χ4v) is 6.31. The summed E-state index contributed by atoms with van der Waals surface area (Å²) in [6, 6.07) is 0. The minimum absolute atomic E-state index is 0.493. The van der Waals surface area contributed by atoms with Crippen LogP contribution in [0, 0.1) is 0 Å². The number of nitrogens with one attached hydrogen (secondary N) is 1. The van der Waals surface area contributed by atoms with Gasteiger partial charge < -0.3 is 4.48 Å². The van der Waals surface area contributed by atoms with E-state index in [1.54, 1.807) is 0 Å². The van der Waals surface area contributed by atoms with Gasteiger partial charge in [0.2, 0.25) is 0 Å². The largest absolute Gasteiger partial charge is 0.512 e. The summed E-state index contributed by atoms with van der Waals surface area (Å²) in [5.74, 6) is 0. The van der Waals surface area contributed by atoms with Gasteiger partial charge in [-0.25, -0.2) is 16.8 Å². The third kappa shape index (κ3) is 21.7. The van der Waals surface area contributed by atoms with Crippen molar-refractivity contribution in [3.63, 3.8) is 0 Å². The Labute approximate surface area is 245 Å². The van der Waals surface area contributed by atoms with Crippen molar-refractivity contribution >= 4 is 20.0 Å². The van der Waals surface area contributed by atoms with Crippen LogP contribution in [0.25, 0.3) is 0 Å². The quantitative estimate of drug-likeness (QED) is 0.0682. The summed E-state index contributed by atoms with van der Waals surface area (Å²) in [5, 5.41) is 0. The van der Waals surface area contributed by atoms with Crippen LogP contribution in [0.1, 0.15) is 136 Å². The fraction of sp³-hybridized carbons (Fsp3) is 1.00. The predicted octanol–water partition coefficient (Wildman–Crippen LogP) is 8.79. The van der Waals surface area contributed by atoms with E-state index in [0.29, 0.717) is 0 Å². The minimum Gasteiger partial charge on any atom is -0.326 e. The van der Waals surface area contributed by atoms with Crippen LogP contribution in [0.2, 0.25) is 0 Å². The van der Waals surface area contributed by atoms with E-state index < -0.39 is 35.2 Å². The van der Waals surface area contributed by atoms with Gasteiger partial charge in [0.05, 0.1) is 26.7 Å². The van der Waals surface area contributed by atoms with Crippen molar-refractivity contribution in [1.29, 1.82) is 0 Å². The van der Waals surface area contributed by atoms with Crippen molar-refractivity contribution in [1.82, 2.24) is 4.13 Å². The van der Waals surface area contributed by atoms with Gasteiger partial charge in [-0.2, -0.15) is 26.3 Å². The summed E-state index contributed by atoms with van der Waals surface area (Å²) in [5.41, 5.74) is -12.3. The first-order valence-electron chi connectivity index (χ1n) is 15.1. The number of quaternary nitrogens is 1. The Morgan fingerprint density at radius 1 is 0.463 bits per heavy atom. The second kappa shape index (κ2) is 22.0. The van der Waals surface area contributed by atoms with E-state index >= 15 is 0 Å². The molecule has 0 heterocycles. The number of hydrogen-bond donors (Lipinski definition) is 1. The van der Waals surface area contributed by atoms with Gasteiger partial charge in [-0.3, -0.25) is 0 Å². The van der Waals surface area contributed by atoms with Gasteiger partial charge in [-0.15, -0.1) is 0 Å². The third-order valence-corrected chi connectivity index (χ3v) is 9.96. The lowest BCUT2D eigenvalue weighted by Gasteiger charge is -2.35. The van der Waals surface area contributed by atoms with Gasteiger partial charge in [0.25, 0.3) is 0 Å². The van der Waals surface area contributed by atoms with E-state index in [9.17, 15) is 43.2 Å². The Hall–Kier alpha value is -0.600. The molecule has 0 aliphatic carbocycles. The van der Waals surface area contributed by atoms with Crippen molar-refractivity contribution in [2.75, 3.05) is 26.7 Å². The Bertz CT molecular complexity index is 766. The van der Waals surface area contributed by atoms with Gasteiger partial charge in [0, 0.05) is 0 Å². The zero-order valence-corrected chi connectivity index (χ0v) is 27.1. The molecule has 1 N–H and O–H groups in total. The Kier molecular flexibility index (Phi) is 22.8. The van der Waals surface area contributed by atoms with Gasteiger partial charge >= 0.3 is 31.1 Å². The second-order valence-corrected chi connectivity index (χ2v) is 14.7. The van der Waals surface area contributed by atoms with Crippen LogP contribution in [0.5, 0.6) is 0 Å². The zero-order valence-electron chi connectivity index (χ0n) is 25.5. The molecular weight excluding hydrogens is 594 g/mol. The maximum atomic E-state index is 11.5. The molecule has 250 valence electrons. The number of halogens is 6. The molecule has 0 fully saturated rings. The van der Waals surface area contributed by atoms with Crippen LogP contribution in [-0.4, -0.2) is 59.0 Å². The highest BCUT2D eigenvalue weighted by atomic mass is 32.3. The molecule has 0 radical (unpaired) electrons. The van der Waals surface area contributed by atoms with Gasteiger partial charge in [-0.1, -0.05) is 102 Å². The molecule has 0 unspecified atom stereocenters. The molecule has 0 rings (SSSR count). The second-order valence-electron chi connectivity index (χ2n) is 11.1. The van der Waals surface area contributed by atoms with E-state index in [0.717, 1.165) is 0 Å². The minimum atomic E-state index is -6.60. The van der Waals surface area contributed by atoms with E-state index in [-0.39, 0.29) is 0 Å². The highest BCUT2D eigenvalue weighted by Crippen LogP contribution is 2.27. The molecule has 0 spiro atoms. The van der Waals surface area contributed by atoms with E-state index in [1.807, 2.05) is 0 Å². The van der Waals surface area contributed by atoms with Gasteiger partial charge in [-0.05, 0) is 38.5 Å². The standard InChI is InChI=1S/C25H54N.C2HF6NO4S2/c1-5-8-11-14-17-20-23-26(4,24-21-18-15-12-9-6-2)25-22-19-16-13-10-7-3;3-1(4,5)14(10,11)9-15(12,13)2(6,7)8/h5-25H2,1-4H3;9H/q+1;. The van der Waals surface area contributed by atoms with Crippen LogP contribution in [-0.2, 0) is 20.0 Å². The number of hydrogen-bond acceptors (Lipinski definition) is 4. The van der Waals surface area contributed by atoms with Gasteiger partial charge in [0.1, 0.15) is 0 Å². The Morgan fingerprint density at radius 2 is 0.683 bits per heavy atom. The molecule has 0 amide bonds. The normalized spacial score (nSPS) is 13.2. The smallest absolute Gasteiger partial charge is 0.326 e. The van der Waals surface area contributed by atoms with E-state index in [2.05, 4.69) is 27.8 Å². The highest BCUT2D eigenvalue weighted by molar-refractivity contribution is 8.05. The average Bonchev–Trinajstić information content (AvgIpc) is 2.84. The van der Waals surface area contributed by atoms with Crippen LogP contribution < -0.4 is 4.13 Å². The fourth-order valence-electron chi connectivity index (χ4n) is 4.40. The molecule has 0 bridgehead atoms. The maximum absolute atomic E-state index is 11.5. The lowest BCUT2D eigenvalue weighted by atomic mass is 10.1. The summed E-state index contributed by atoms with van der Waals surface area (Å²) in [6.45, 7) is 11.2. The number of unbranched alkanes of at least 4 members (excludes halogenated alkanes) is 15. The molecule has 0 aliphatic heterocycles. The zero-order chi connectivity index (χ0) is 32.1. The molecule has 0 aromatic heterocycles. The Morgan fingerprint density at radius 3 is 0.902 bits per heavy atom. The summed E-state index contributed by atoms with van der Waals surface area (Å²) in [6.07, 6.45) is 25.9. The van der Waals surface area contributed by atoms with Crippen molar-refractivity contribution in [3.8, 4) is 0 Å². The van der Waals surface area contributed by atoms with Crippen molar-refractivity contribution in [3.05, 3.63) is 0 Å². The molecule has 0 saturated carbocycles. The third-order valence-electron chi connectivity index (χ3n) is 6.98. The summed E-state index contributed by atoms with van der Waals surface area (Å²) < 4.78 is 110. The summed E-state index contributed by atoms with van der Waals surface area (Å²) in [4.78, 5) is 0. The average molecular weight is 650 g/mol. The van der Waals surface area contributed by atoms with Crippen LogP contribution in [0.4, 0.5) is 26.3 Å². The van der Waals surface area contributed by atoms with E-state index in [1.165, 1.54) is 140 Å². The topological polar surface area (TPSA) is 80.3 Å². The van der Waals surface area contributed by atoms with Gasteiger partial charge in [0.15, 0.2) is 0 Å². The first kappa shape index (κ1) is 42.5. The molecule has 0 atom stereocenters. The maximum Gasteiger partial charge on any atom is 0.512 e. The first-order valence-corrected chi connectivity index (χ1v) is 18.1. The highest BCUT2D eigenvalue weighted by Gasteiger charge is 2.55. The lowest BCUT2D eigenvalue weighted by molar-refractivity contribution is -0.910. The molecule has 0 aromatic carbocycles. The summed E-state index contributed by atoms with van der Waals surface area (Å²) in [7, 11) is -10.6. The van der Waals surface area contributed by atoms with Crippen LogP contribution in [0.15, 0.2) is 0 Å². The summed E-state index contributed by atoms with van der Waals surface area (Å²) >= 11 is 0. The number of sulfonamides is 2. The molecule has 0 saturated heterocycles. The van der Waals surface area contributed by atoms with Crippen molar-refractivity contribution in [2.24, 2.45) is 0 Å². The number of rotatable bonds is 23. The molecule has 41 heavy (non-hydrogen) atoms. The molecule has 6 nitrogen and oxygen atoms in total. The molecular formula is C27H55F6N2O4S2+. The number of alkyl halides is 6. The predicted molar refractivity (Wildman–Crippen MR) is 154 cm³/mol. The van der Waals surface area contributed by atoms with E-state index in [4.69, 9.17) is 0 Å².